The first-order valence-electron chi connectivity index (χ1n) is 11.2. The van der Waals surface area contributed by atoms with Crippen LogP contribution in [-0.2, 0) is 11.3 Å². The van der Waals surface area contributed by atoms with Crippen LogP contribution < -0.4 is 10.6 Å². The number of nitrogens with one attached hydrogen (secondary N) is 2. The van der Waals surface area contributed by atoms with Gasteiger partial charge in [-0.1, -0.05) is 12.1 Å². The molecule has 1 saturated heterocycles. The van der Waals surface area contributed by atoms with Crippen molar-refractivity contribution in [1.29, 1.82) is 0 Å². The monoisotopic (exact) mass is 450 g/mol. The number of urea groups is 1. The molecule has 174 valence electrons. The Balaban J connectivity index is 1.24. The Morgan fingerprint density at radius 3 is 2.55 bits per heavy atom. The SMILES string of the molecule is CC(C)(C)OC(=O)N1CCC(c2ccc(NC(=O)NCc3cn4ccnc4cn3)cc2)CC1. The highest BCUT2D eigenvalue weighted by Gasteiger charge is 2.27. The van der Waals surface area contributed by atoms with Crippen molar-refractivity contribution in [2.45, 2.75) is 51.7 Å². The van der Waals surface area contributed by atoms with Gasteiger partial charge in [-0.05, 0) is 57.2 Å². The molecule has 1 aromatic carbocycles. The molecule has 9 nitrogen and oxygen atoms in total. The van der Waals surface area contributed by atoms with Crippen molar-refractivity contribution in [3.05, 3.63) is 60.3 Å². The fourth-order valence-electron chi connectivity index (χ4n) is 3.87. The molecule has 0 saturated carbocycles. The van der Waals surface area contributed by atoms with E-state index in [9.17, 15) is 9.59 Å². The molecule has 0 spiro atoms. The van der Waals surface area contributed by atoms with E-state index in [4.69, 9.17) is 4.74 Å². The summed E-state index contributed by atoms with van der Waals surface area (Å²) in [5, 5.41) is 5.67. The minimum atomic E-state index is -0.479. The van der Waals surface area contributed by atoms with Gasteiger partial charge in [0.25, 0.3) is 0 Å². The Bertz CT molecular complexity index is 1110. The van der Waals surface area contributed by atoms with Gasteiger partial charge in [-0.3, -0.25) is 4.98 Å². The zero-order valence-electron chi connectivity index (χ0n) is 19.2. The number of rotatable bonds is 4. The van der Waals surface area contributed by atoms with E-state index in [-0.39, 0.29) is 12.1 Å². The Kier molecular flexibility index (Phi) is 6.48. The largest absolute Gasteiger partial charge is 0.444 e. The van der Waals surface area contributed by atoms with E-state index in [0.717, 1.165) is 29.9 Å². The van der Waals surface area contributed by atoms with Gasteiger partial charge in [0.05, 0.1) is 18.4 Å². The second-order valence-electron chi connectivity index (χ2n) is 9.24. The van der Waals surface area contributed by atoms with Gasteiger partial charge < -0.3 is 24.7 Å². The van der Waals surface area contributed by atoms with Crippen molar-refractivity contribution in [3.63, 3.8) is 0 Å². The Labute approximate surface area is 193 Å². The number of piperidine rings is 1. The fourth-order valence-corrected chi connectivity index (χ4v) is 3.87. The Morgan fingerprint density at radius 2 is 1.85 bits per heavy atom. The first-order chi connectivity index (χ1) is 15.8. The lowest BCUT2D eigenvalue weighted by molar-refractivity contribution is 0.0205. The van der Waals surface area contributed by atoms with Crippen LogP contribution in [0, 0.1) is 0 Å². The molecular formula is C24H30N6O3. The molecule has 9 heteroatoms. The summed E-state index contributed by atoms with van der Waals surface area (Å²) in [6.45, 7) is 7.32. The lowest BCUT2D eigenvalue weighted by atomic mass is 9.89. The maximum absolute atomic E-state index is 12.3. The number of aromatic nitrogens is 3. The number of hydrogen-bond acceptors (Lipinski definition) is 5. The van der Waals surface area contributed by atoms with Crippen LogP contribution in [0.2, 0.25) is 0 Å². The van der Waals surface area contributed by atoms with Crippen LogP contribution in [0.5, 0.6) is 0 Å². The van der Waals surface area contributed by atoms with E-state index < -0.39 is 5.60 Å². The van der Waals surface area contributed by atoms with Gasteiger partial charge in [-0.25, -0.2) is 14.6 Å². The van der Waals surface area contributed by atoms with Crippen LogP contribution in [0.25, 0.3) is 5.65 Å². The van der Waals surface area contributed by atoms with E-state index in [1.54, 1.807) is 17.3 Å². The maximum atomic E-state index is 12.3. The van der Waals surface area contributed by atoms with Crippen molar-refractivity contribution < 1.29 is 14.3 Å². The molecule has 3 aromatic rings. The van der Waals surface area contributed by atoms with Gasteiger partial charge in [0.1, 0.15) is 5.60 Å². The second kappa shape index (κ2) is 9.48. The van der Waals surface area contributed by atoms with Gasteiger partial charge in [0.2, 0.25) is 0 Å². The zero-order chi connectivity index (χ0) is 23.4. The number of imidazole rings is 1. The molecule has 0 unspecified atom stereocenters. The molecule has 3 heterocycles. The number of hydrogen-bond donors (Lipinski definition) is 2. The first-order valence-corrected chi connectivity index (χ1v) is 11.2. The number of anilines is 1. The second-order valence-corrected chi connectivity index (χ2v) is 9.24. The number of amides is 3. The summed E-state index contributed by atoms with van der Waals surface area (Å²) < 4.78 is 7.33. The lowest BCUT2D eigenvalue weighted by Crippen LogP contribution is -2.41. The molecule has 1 aliphatic rings. The summed E-state index contributed by atoms with van der Waals surface area (Å²) in [7, 11) is 0. The van der Waals surface area contributed by atoms with Gasteiger partial charge in [0.15, 0.2) is 5.65 Å². The number of fused-ring (bicyclic) bond motifs is 1. The molecule has 1 aliphatic heterocycles. The maximum Gasteiger partial charge on any atom is 0.410 e. The minimum absolute atomic E-state index is 0.244. The van der Waals surface area contributed by atoms with Crippen LogP contribution in [-0.4, -0.2) is 50.1 Å². The zero-order valence-corrected chi connectivity index (χ0v) is 19.2. The molecule has 0 radical (unpaired) electrons. The molecular weight excluding hydrogens is 420 g/mol. The summed E-state index contributed by atoms with van der Waals surface area (Å²) in [5.41, 5.74) is 2.96. The Hall–Kier alpha value is -3.62. The average molecular weight is 451 g/mol. The molecule has 0 bridgehead atoms. The van der Waals surface area contributed by atoms with Gasteiger partial charge in [-0.2, -0.15) is 0 Å². The molecule has 0 aliphatic carbocycles. The topological polar surface area (TPSA) is 101 Å². The molecule has 0 atom stereocenters. The molecule has 2 aromatic heterocycles. The van der Waals surface area contributed by atoms with Gasteiger partial charge in [0, 0.05) is 37.4 Å². The number of nitrogens with zero attached hydrogens (tertiary/aromatic N) is 4. The summed E-state index contributed by atoms with van der Waals surface area (Å²) in [4.78, 5) is 34.7. The van der Waals surface area contributed by atoms with E-state index >= 15 is 0 Å². The van der Waals surface area contributed by atoms with E-state index in [1.165, 1.54) is 5.56 Å². The van der Waals surface area contributed by atoms with Crippen LogP contribution in [0.4, 0.5) is 15.3 Å². The highest BCUT2D eigenvalue weighted by molar-refractivity contribution is 5.89. The van der Waals surface area contributed by atoms with E-state index in [1.807, 2.05) is 61.8 Å². The van der Waals surface area contributed by atoms with E-state index in [2.05, 4.69) is 20.6 Å². The van der Waals surface area contributed by atoms with Crippen molar-refractivity contribution in [2.24, 2.45) is 0 Å². The molecule has 2 N–H and O–H groups in total. The summed E-state index contributed by atoms with van der Waals surface area (Å²) >= 11 is 0. The van der Waals surface area contributed by atoms with Crippen LogP contribution in [0.15, 0.2) is 49.1 Å². The summed E-state index contributed by atoms with van der Waals surface area (Å²) in [5.74, 6) is 0.385. The lowest BCUT2D eigenvalue weighted by Gasteiger charge is -2.33. The standard InChI is InChI=1S/C24H30N6O3/c1-24(2,3)33-23(32)29-11-8-18(9-12-29)17-4-6-19(7-5-17)28-22(31)27-14-20-16-30-13-10-25-21(30)15-26-20/h4-7,10,13,15-16,18H,8-9,11-12,14H2,1-3H3,(H2,27,28,31). The average Bonchev–Trinajstić information content (AvgIpc) is 3.25. The van der Waals surface area contributed by atoms with Crippen LogP contribution in [0.1, 0.15) is 50.8 Å². The normalized spacial score (nSPS) is 14.8. The van der Waals surface area contributed by atoms with Crippen LogP contribution in [0.3, 0.4) is 0 Å². The third-order valence-electron chi connectivity index (χ3n) is 5.55. The molecule has 33 heavy (non-hydrogen) atoms. The molecule has 1 fully saturated rings. The fraction of sp³-hybridized carbons (Fsp3) is 0.417. The van der Waals surface area contributed by atoms with Gasteiger partial charge in [-0.15, -0.1) is 0 Å². The minimum Gasteiger partial charge on any atom is -0.444 e. The first kappa shape index (κ1) is 22.6. The van der Waals surface area contributed by atoms with E-state index in [0.29, 0.717) is 25.6 Å². The summed E-state index contributed by atoms with van der Waals surface area (Å²) in [6, 6.07) is 7.60. The number of carbonyl (C=O) groups is 2. The molecule has 4 rings (SSSR count). The van der Waals surface area contributed by atoms with Crippen molar-refractivity contribution in [3.8, 4) is 0 Å². The van der Waals surface area contributed by atoms with Crippen molar-refractivity contribution >= 4 is 23.5 Å². The van der Waals surface area contributed by atoms with Gasteiger partial charge >= 0.3 is 12.1 Å². The summed E-state index contributed by atoms with van der Waals surface area (Å²) in [6.07, 6.45) is 8.59. The number of carbonyl (C=O) groups excluding carboxylic acids is 2. The highest BCUT2D eigenvalue weighted by Crippen LogP contribution is 2.29. The Morgan fingerprint density at radius 1 is 1.12 bits per heavy atom. The number of likely N-dealkylation sites (tertiary alicyclic amines) is 1. The third kappa shape index (κ3) is 6.00. The van der Waals surface area contributed by atoms with Crippen molar-refractivity contribution in [1.82, 2.24) is 24.6 Å². The molecule has 3 amide bonds. The predicted molar refractivity (Wildman–Crippen MR) is 125 cm³/mol. The third-order valence-corrected chi connectivity index (χ3v) is 5.55. The van der Waals surface area contributed by atoms with Crippen LogP contribution >= 0.6 is 0 Å². The smallest absolute Gasteiger partial charge is 0.410 e. The number of ether oxygens (including phenoxy) is 1. The number of benzene rings is 1. The van der Waals surface area contributed by atoms with Crippen molar-refractivity contribution in [2.75, 3.05) is 18.4 Å². The predicted octanol–water partition coefficient (Wildman–Crippen LogP) is 4.17. The quantitative estimate of drug-likeness (QED) is 0.621. The highest BCUT2D eigenvalue weighted by atomic mass is 16.6.